The van der Waals surface area contributed by atoms with Gasteiger partial charge in [0.2, 0.25) is 0 Å². The van der Waals surface area contributed by atoms with Gasteiger partial charge in [-0.05, 0) is 0 Å². The molecule has 0 amide bonds. The van der Waals surface area contributed by atoms with Gasteiger partial charge >= 0.3 is 0 Å². The molecule has 0 aliphatic carbocycles. The second kappa shape index (κ2) is 357. The maximum Gasteiger partial charge on any atom is 0 e. The van der Waals surface area contributed by atoms with Crippen LogP contribution >= 0.6 is 0 Å². The topological polar surface area (TPSA) is 31.5 Å². The zero-order valence-corrected chi connectivity index (χ0v) is 3.70. The largest absolute Gasteiger partial charge is 0.412 e. The average Bonchev–Trinajstić information content (AvgIpc) is 0. The molecule has 0 bridgehead atoms. The maximum absolute atomic E-state index is 0. The van der Waals surface area contributed by atoms with E-state index in [2.05, 4.69) is 0 Å². The molecule has 0 saturated carbocycles. The van der Waals surface area contributed by atoms with Gasteiger partial charge in [0.1, 0.15) is 0 Å². The van der Waals surface area contributed by atoms with Crippen LogP contribution in [0.4, 0.5) is 14.1 Å². The van der Waals surface area contributed by atoms with Gasteiger partial charge in [0.25, 0.3) is 0 Å². The number of hydrogen-bond donors (Lipinski definition) is 0. The van der Waals surface area contributed by atoms with Crippen LogP contribution in [0.15, 0.2) is 0 Å². The van der Waals surface area contributed by atoms with Crippen LogP contribution < -0.4 is 0 Å². The van der Waals surface area contributed by atoms with Gasteiger partial charge in [0.15, 0.2) is 0 Å². The quantitative estimate of drug-likeness (QED) is 0.456. The first-order valence-corrected chi connectivity index (χ1v) is 0. The van der Waals surface area contributed by atoms with Gasteiger partial charge in [-0.25, -0.2) is 0 Å². The molecule has 0 aromatic heterocycles. The zero-order chi connectivity index (χ0) is 0. The molecule has 1 nitrogen and oxygen atoms in total. The maximum atomic E-state index is 0. The van der Waals surface area contributed by atoms with Gasteiger partial charge in [-0.3, -0.25) is 14.1 Å². The van der Waals surface area contributed by atoms with E-state index in [0.717, 1.165) is 0 Å². The van der Waals surface area contributed by atoms with Crippen molar-refractivity contribution >= 4 is 0 Å². The molecule has 5 heavy (non-hydrogen) atoms. The Morgan fingerprint density at radius 3 is 0.600 bits per heavy atom. The Hall–Kier alpha value is 0.373. The smallest absolute Gasteiger partial charge is 0 e. The molecule has 41 valence electrons. The van der Waals surface area contributed by atoms with E-state index in [-0.39, 0.29) is 39.1 Å². The van der Waals surface area contributed by atoms with E-state index in [0.29, 0.717) is 0 Å². The molecule has 0 atom stereocenters. The third-order valence-corrected chi connectivity index (χ3v) is 0. The van der Waals surface area contributed by atoms with E-state index in [1.54, 1.807) is 0 Å². The third-order valence-electron chi connectivity index (χ3n) is 0. The number of hydrogen-bond acceptors (Lipinski definition) is 0. The van der Waals surface area contributed by atoms with E-state index in [4.69, 9.17) is 0 Å². The van der Waals surface area contributed by atoms with E-state index in [1.807, 2.05) is 0 Å². The molecule has 0 rings (SSSR count). The van der Waals surface area contributed by atoms with Crippen molar-refractivity contribution in [2.75, 3.05) is 0 Å². The second-order valence-corrected chi connectivity index (χ2v) is 0. The predicted octanol–water partition coefficient (Wildman–Crippen LogP) is -0.370. The number of rotatable bonds is 0. The first-order valence-electron chi connectivity index (χ1n) is 0. The van der Waals surface area contributed by atoms with Crippen molar-refractivity contribution < 1.29 is 39.1 Å². The first-order chi connectivity index (χ1) is 0. The van der Waals surface area contributed by atoms with Gasteiger partial charge in [0, 0.05) is 19.5 Å². The molecule has 0 aromatic rings. The van der Waals surface area contributed by atoms with Crippen molar-refractivity contribution in [1.29, 1.82) is 0 Å². The Morgan fingerprint density at radius 1 is 0.600 bits per heavy atom. The SMILES string of the molecule is F.F.F.O.[Rh]. The summed E-state index contributed by atoms with van der Waals surface area (Å²) in [6, 6.07) is 0. The van der Waals surface area contributed by atoms with Crippen molar-refractivity contribution in [3.05, 3.63) is 0 Å². The average molecular weight is 181 g/mol. The van der Waals surface area contributed by atoms with Crippen molar-refractivity contribution in [3.8, 4) is 0 Å². The molecule has 0 spiro atoms. The Balaban J connectivity index is 0. The third kappa shape index (κ3) is 177. The second-order valence-electron chi connectivity index (χ2n) is 0. The summed E-state index contributed by atoms with van der Waals surface area (Å²) in [6.45, 7) is 0. The molecule has 5 heteroatoms. The fourth-order valence-corrected chi connectivity index (χ4v) is 0. The van der Waals surface area contributed by atoms with Gasteiger partial charge < -0.3 is 5.48 Å². The summed E-state index contributed by atoms with van der Waals surface area (Å²) in [4.78, 5) is 0. The minimum atomic E-state index is 0. The molecule has 0 heterocycles. The summed E-state index contributed by atoms with van der Waals surface area (Å²) < 4.78 is 0. The van der Waals surface area contributed by atoms with Crippen LogP contribution in [0.3, 0.4) is 0 Å². The minimum absolute atomic E-state index is 0. The molecule has 0 unspecified atom stereocenters. The monoisotopic (exact) mass is 181 g/mol. The van der Waals surface area contributed by atoms with Crippen molar-refractivity contribution in [2.24, 2.45) is 0 Å². The fraction of sp³-hybridized carbons (Fsp3) is 0. The Bertz CT molecular complexity index is 6.85. The van der Waals surface area contributed by atoms with Crippen LogP contribution in [-0.2, 0) is 19.5 Å². The van der Waals surface area contributed by atoms with Crippen LogP contribution in [0.1, 0.15) is 0 Å². The van der Waals surface area contributed by atoms with Gasteiger partial charge in [-0.2, -0.15) is 0 Å². The van der Waals surface area contributed by atoms with Crippen LogP contribution in [0.2, 0.25) is 0 Å². The fourth-order valence-electron chi connectivity index (χ4n) is 0. The molecule has 0 aromatic carbocycles. The molecule has 0 fully saturated rings. The standard InChI is InChI=1S/3FH.H2O.Rh/h3*1H;1H2;. The van der Waals surface area contributed by atoms with Crippen molar-refractivity contribution in [3.63, 3.8) is 0 Å². The van der Waals surface area contributed by atoms with Crippen LogP contribution in [-0.4, -0.2) is 5.48 Å². The molecular formula is H5F3ORh. The van der Waals surface area contributed by atoms with E-state index in [1.165, 1.54) is 0 Å². The molecule has 0 aliphatic rings. The van der Waals surface area contributed by atoms with Gasteiger partial charge in [-0.15, -0.1) is 0 Å². The summed E-state index contributed by atoms with van der Waals surface area (Å²) in [5.41, 5.74) is 0. The van der Waals surface area contributed by atoms with Gasteiger partial charge in [-0.1, -0.05) is 0 Å². The van der Waals surface area contributed by atoms with Crippen molar-refractivity contribution in [1.82, 2.24) is 0 Å². The predicted molar refractivity (Wildman–Crippen MR) is 11.1 cm³/mol. The van der Waals surface area contributed by atoms with E-state index in [9.17, 15) is 0 Å². The minimum Gasteiger partial charge on any atom is -0.412 e. The van der Waals surface area contributed by atoms with Gasteiger partial charge in [0.05, 0.1) is 0 Å². The molecule has 0 aliphatic heterocycles. The normalized spacial score (nSPS) is 0. The Morgan fingerprint density at radius 2 is 0.600 bits per heavy atom. The van der Waals surface area contributed by atoms with E-state index >= 15 is 0 Å². The summed E-state index contributed by atoms with van der Waals surface area (Å²) in [5, 5.41) is 0. The van der Waals surface area contributed by atoms with Crippen LogP contribution in [0.25, 0.3) is 0 Å². The van der Waals surface area contributed by atoms with E-state index < -0.39 is 0 Å². The Kier molecular flexibility index (Phi) is 52600. The van der Waals surface area contributed by atoms with Crippen molar-refractivity contribution in [2.45, 2.75) is 0 Å². The summed E-state index contributed by atoms with van der Waals surface area (Å²) >= 11 is 0. The molecular weight excluding hydrogens is 176 g/mol. The summed E-state index contributed by atoms with van der Waals surface area (Å²) in [6.07, 6.45) is 0. The number of halogens is 3. The molecule has 1 radical (unpaired) electrons. The zero-order valence-electron chi connectivity index (χ0n) is 2.06. The van der Waals surface area contributed by atoms with Crippen LogP contribution in [0, 0.1) is 0 Å². The first kappa shape index (κ1) is 737. The molecule has 0 saturated heterocycles. The summed E-state index contributed by atoms with van der Waals surface area (Å²) in [5.74, 6) is 0. The Labute approximate surface area is 39.9 Å². The van der Waals surface area contributed by atoms with Crippen LogP contribution in [0.5, 0.6) is 0 Å². The summed E-state index contributed by atoms with van der Waals surface area (Å²) in [7, 11) is 0. The molecule has 2 N–H and O–H groups in total.